The average Bonchev–Trinajstić information content (AvgIpc) is 3.02. The number of fused-ring (bicyclic) bond motifs is 1. The molecule has 0 aliphatic carbocycles. The smallest absolute Gasteiger partial charge is 0.175 e. The van der Waals surface area contributed by atoms with Gasteiger partial charge in [-0.05, 0) is 17.7 Å². The van der Waals surface area contributed by atoms with Gasteiger partial charge in [0.05, 0.1) is 6.26 Å². The molecule has 1 aromatic heterocycles. The first-order chi connectivity index (χ1) is 10.3. The van der Waals surface area contributed by atoms with Gasteiger partial charge in [-0.2, -0.15) is 0 Å². The highest BCUT2D eigenvalue weighted by molar-refractivity contribution is 5.82. The SMILES string of the molecule is NC[C@@H](F)[C@@H](Oc1cccc2ccoc12)c1ccccc1. The van der Waals surface area contributed by atoms with Crippen LogP contribution in [0, 0.1) is 0 Å². The van der Waals surface area contributed by atoms with Gasteiger partial charge < -0.3 is 14.9 Å². The molecular formula is C17H16FNO2. The van der Waals surface area contributed by atoms with E-state index >= 15 is 0 Å². The number of para-hydroxylation sites is 1. The molecule has 0 aliphatic rings. The standard InChI is InChI=1S/C17H16FNO2/c18-14(11-19)16(12-5-2-1-3-6-12)21-15-8-4-7-13-9-10-20-17(13)15/h1-10,14,16H,11,19H2/t14-,16+/m1/s1. The van der Waals surface area contributed by atoms with E-state index in [1.165, 1.54) is 0 Å². The van der Waals surface area contributed by atoms with Crippen molar-refractivity contribution in [1.29, 1.82) is 0 Å². The van der Waals surface area contributed by atoms with Crippen LogP contribution in [0.2, 0.25) is 0 Å². The maximum Gasteiger partial charge on any atom is 0.175 e. The van der Waals surface area contributed by atoms with Crippen LogP contribution in [0.15, 0.2) is 65.3 Å². The van der Waals surface area contributed by atoms with Crippen molar-refractivity contribution in [3.05, 3.63) is 66.4 Å². The first-order valence-electron chi connectivity index (χ1n) is 6.81. The van der Waals surface area contributed by atoms with Gasteiger partial charge in [-0.25, -0.2) is 4.39 Å². The molecule has 0 aliphatic heterocycles. The lowest BCUT2D eigenvalue weighted by atomic mass is 10.1. The van der Waals surface area contributed by atoms with Crippen molar-refractivity contribution in [2.24, 2.45) is 5.73 Å². The summed E-state index contributed by atoms with van der Waals surface area (Å²) in [4.78, 5) is 0. The molecule has 0 unspecified atom stereocenters. The van der Waals surface area contributed by atoms with Crippen molar-refractivity contribution in [2.75, 3.05) is 6.54 Å². The Balaban J connectivity index is 1.97. The van der Waals surface area contributed by atoms with Gasteiger partial charge in [-0.3, -0.25) is 0 Å². The van der Waals surface area contributed by atoms with Gasteiger partial charge in [0.2, 0.25) is 0 Å². The Bertz CT molecular complexity index is 711. The van der Waals surface area contributed by atoms with E-state index in [0.717, 1.165) is 10.9 Å². The molecule has 21 heavy (non-hydrogen) atoms. The van der Waals surface area contributed by atoms with Crippen LogP contribution in [-0.2, 0) is 0 Å². The highest BCUT2D eigenvalue weighted by Gasteiger charge is 2.24. The molecule has 108 valence electrons. The van der Waals surface area contributed by atoms with Crippen molar-refractivity contribution in [3.63, 3.8) is 0 Å². The van der Waals surface area contributed by atoms with Gasteiger partial charge in [0.1, 0.15) is 0 Å². The minimum absolute atomic E-state index is 0.103. The summed E-state index contributed by atoms with van der Waals surface area (Å²) >= 11 is 0. The fourth-order valence-corrected chi connectivity index (χ4v) is 2.31. The lowest BCUT2D eigenvalue weighted by Gasteiger charge is -2.22. The maximum absolute atomic E-state index is 14.2. The van der Waals surface area contributed by atoms with Crippen molar-refractivity contribution >= 4 is 11.0 Å². The number of hydrogen-bond acceptors (Lipinski definition) is 3. The summed E-state index contributed by atoms with van der Waals surface area (Å²) in [6.45, 7) is -0.103. The topological polar surface area (TPSA) is 48.4 Å². The molecule has 1 heterocycles. The zero-order valence-electron chi connectivity index (χ0n) is 11.4. The largest absolute Gasteiger partial charge is 0.479 e. The fraction of sp³-hybridized carbons (Fsp3) is 0.176. The Kier molecular flexibility index (Phi) is 3.88. The highest BCUT2D eigenvalue weighted by Crippen LogP contribution is 2.32. The summed E-state index contributed by atoms with van der Waals surface area (Å²) in [5.41, 5.74) is 6.84. The Labute approximate surface area is 122 Å². The maximum atomic E-state index is 14.2. The van der Waals surface area contributed by atoms with E-state index in [4.69, 9.17) is 14.9 Å². The highest BCUT2D eigenvalue weighted by atomic mass is 19.1. The summed E-state index contributed by atoms with van der Waals surface area (Å²) in [7, 11) is 0. The number of nitrogens with two attached hydrogens (primary N) is 1. The molecule has 3 nitrogen and oxygen atoms in total. The molecule has 0 spiro atoms. The summed E-state index contributed by atoms with van der Waals surface area (Å²) in [5, 5.41) is 0.919. The minimum atomic E-state index is -1.29. The van der Waals surface area contributed by atoms with E-state index in [-0.39, 0.29) is 6.54 Å². The number of halogens is 1. The zero-order valence-corrected chi connectivity index (χ0v) is 11.4. The lowest BCUT2D eigenvalue weighted by molar-refractivity contribution is 0.105. The molecule has 0 saturated heterocycles. The molecule has 0 saturated carbocycles. The quantitative estimate of drug-likeness (QED) is 0.774. The van der Waals surface area contributed by atoms with Crippen molar-refractivity contribution in [1.82, 2.24) is 0 Å². The summed E-state index contributed by atoms with van der Waals surface area (Å²) in [6.07, 6.45) is -0.463. The summed E-state index contributed by atoms with van der Waals surface area (Å²) < 4.78 is 25.5. The molecule has 0 radical (unpaired) electrons. The van der Waals surface area contributed by atoms with Crippen LogP contribution in [0.3, 0.4) is 0 Å². The van der Waals surface area contributed by atoms with E-state index in [2.05, 4.69) is 0 Å². The van der Waals surface area contributed by atoms with Crippen molar-refractivity contribution < 1.29 is 13.5 Å². The third kappa shape index (κ3) is 2.76. The Morgan fingerprint density at radius 1 is 1.05 bits per heavy atom. The minimum Gasteiger partial charge on any atom is -0.479 e. The van der Waals surface area contributed by atoms with Crippen LogP contribution in [-0.4, -0.2) is 12.7 Å². The van der Waals surface area contributed by atoms with Crippen LogP contribution >= 0.6 is 0 Å². The second-order valence-electron chi connectivity index (χ2n) is 4.80. The van der Waals surface area contributed by atoms with Gasteiger partial charge in [-0.15, -0.1) is 0 Å². The molecule has 0 bridgehead atoms. The number of benzene rings is 2. The first kappa shape index (κ1) is 13.6. The molecule has 2 N–H and O–H groups in total. The first-order valence-corrected chi connectivity index (χ1v) is 6.81. The Morgan fingerprint density at radius 3 is 2.62 bits per heavy atom. The fourth-order valence-electron chi connectivity index (χ4n) is 2.31. The van der Waals surface area contributed by atoms with Gasteiger partial charge in [0, 0.05) is 11.9 Å². The van der Waals surface area contributed by atoms with E-state index in [1.54, 1.807) is 12.3 Å². The van der Waals surface area contributed by atoms with Crippen LogP contribution in [0.5, 0.6) is 5.75 Å². The summed E-state index contributed by atoms with van der Waals surface area (Å²) in [6, 6.07) is 16.6. The Hall–Kier alpha value is -2.33. The molecule has 3 aromatic rings. The van der Waals surface area contributed by atoms with Crippen LogP contribution < -0.4 is 10.5 Å². The van der Waals surface area contributed by atoms with Crippen molar-refractivity contribution in [2.45, 2.75) is 12.3 Å². The van der Waals surface area contributed by atoms with E-state index in [9.17, 15) is 4.39 Å². The van der Waals surface area contributed by atoms with Crippen LogP contribution in [0.4, 0.5) is 4.39 Å². The predicted molar refractivity (Wildman–Crippen MR) is 80.0 cm³/mol. The zero-order chi connectivity index (χ0) is 14.7. The number of alkyl halides is 1. The third-order valence-corrected chi connectivity index (χ3v) is 3.38. The normalized spacial score (nSPS) is 14.0. The lowest BCUT2D eigenvalue weighted by Crippen LogP contribution is -2.27. The third-order valence-electron chi connectivity index (χ3n) is 3.38. The van der Waals surface area contributed by atoms with E-state index in [0.29, 0.717) is 11.3 Å². The summed E-state index contributed by atoms with van der Waals surface area (Å²) in [5.74, 6) is 0.516. The molecule has 3 rings (SSSR count). The van der Waals surface area contributed by atoms with E-state index < -0.39 is 12.3 Å². The molecular weight excluding hydrogens is 269 g/mol. The molecule has 4 heteroatoms. The van der Waals surface area contributed by atoms with Gasteiger partial charge in [-0.1, -0.05) is 42.5 Å². The molecule has 0 amide bonds. The van der Waals surface area contributed by atoms with Gasteiger partial charge in [0.25, 0.3) is 0 Å². The van der Waals surface area contributed by atoms with E-state index in [1.807, 2.05) is 48.5 Å². The van der Waals surface area contributed by atoms with Gasteiger partial charge >= 0.3 is 0 Å². The predicted octanol–water partition coefficient (Wildman–Crippen LogP) is 3.85. The van der Waals surface area contributed by atoms with Gasteiger partial charge in [0.15, 0.2) is 23.6 Å². The number of rotatable bonds is 5. The average molecular weight is 285 g/mol. The van der Waals surface area contributed by atoms with Crippen LogP contribution in [0.25, 0.3) is 11.0 Å². The number of ether oxygens (including phenoxy) is 1. The number of hydrogen-bond donors (Lipinski definition) is 1. The number of furan rings is 1. The van der Waals surface area contributed by atoms with Crippen molar-refractivity contribution in [3.8, 4) is 5.75 Å². The second kappa shape index (κ2) is 5.97. The molecule has 2 aromatic carbocycles. The molecule has 0 fully saturated rings. The van der Waals surface area contributed by atoms with Crippen LogP contribution in [0.1, 0.15) is 11.7 Å². The second-order valence-corrected chi connectivity index (χ2v) is 4.80. The monoisotopic (exact) mass is 285 g/mol. The Morgan fingerprint density at radius 2 is 1.86 bits per heavy atom. The molecule has 2 atom stereocenters.